The van der Waals surface area contributed by atoms with Gasteiger partial charge in [0.25, 0.3) is 0 Å². The van der Waals surface area contributed by atoms with Crippen molar-refractivity contribution in [1.29, 1.82) is 0 Å². The molecule has 1 aliphatic heterocycles. The van der Waals surface area contributed by atoms with Gasteiger partial charge in [0.2, 0.25) is 0 Å². The van der Waals surface area contributed by atoms with Crippen LogP contribution in [0.2, 0.25) is 0 Å². The standard InChI is InChI=1S/C19H23NO3.ClH/c1-20(2)9-8-14-11-19(23-3)18(22)12-16(14)17(20)10-13-4-6-15(21)7-5-13;/h4-7,11-12,17H,8-10H2,1-3H3,(H-,21,22);1H. The summed E-state index contributed by atoms with van der Waals surface area (Å²) in [7, 11) is 6.04. The second-order valence-corrected chi connectivity index (χ2v) is 6.86. The van der Waals surface area contributed by atoms with Crippen LogP contribution < -0.4 is 17.1 Å². The number of benzene rings is 2. The lowest BCUT2D eigenvalue weighted by Gasteiger charge is -2.43. The fourth-order valence-corrected chi connectivity index (χ4v) is 3.47. The number of phenols is 2. The van der Waals surface area contributed by atoms with Gasteiger partial charge in [-0.25, -0.2) is 0 Å². The highest BCUT2D eigenvalue weighted by molar-refractivity contribution is 5.48. The molecule has 0 saturated heterocycles. The van der Waals surface area contributed by atoms with E-state index in [0.717, 1.165) is 23.9 Å². The zero-order valence-corrected chi connectivity index (χ0v) is 15.0. The third-order valence-electron chi connectivity index (χ3n) is 4.97. The van der Waals surface area contributed by atoms with Gasteiger partial charge in [-0.05, 0) is 35.4 Å². The number of methoxy groups -OCH3 is 1. The first-order valence-corrected chi connectivity index (χ1v) is 7.91. The van der Waals surface area contributed by atoms with E-state index >= 15 is 0 Å². The maximum atomic E-state index is 10.2. The Balaban J connectivity index is 0.00000208. The van der Waals surface area contributed by atoms with Crippen molar-refractivity contribution in [3.8, 4) is 17.2 Å². The fraction of sp³-hybridized carbons (Fsp3) is 0.368. The lowest BCUT2D eigenvalue weighted by Crippen LogP contribution is -3.00. The van der Waals surface area contributed by atoms with Crippen molar-refractivity contribution in [3.63, 3.8) is 0 Å². The average Bonchev–Trinajstić information content (AvgIpc) is 2.52. The molecule has 0 spiro atoms. The van der Waals surface area contributed by atoms with E-state index < -0.39 is 0 Å². The van der Waals surface area contributed by atoms with Crippen LogP contribution in [0.25, 0.3) is 0 Å². The van der Waals surface area contributed by atoms with Crippen LogP contribution in [0, 0.1) is 0 Å². The number of rotatable bonds is 3. The van der Waals surface area contributed by atoms with Gasteiger partial charge in [-0.2, -0.15) is 0 Å². The highest BCUT2D eigenvalue weighted by Crippen LogP contribution is 2.41. The summed E-state index contributed by atoms with van der Waals surface area (Å²) in [6, 6.07) is 11.5. The van der Waals surface area contributed by atoms with E-state index in [1.54, 1.807) is 19.2 Å². The van der Waals surface area contributed by atoms with Crippen molar-refractivity contribution in [2.75, 3.05) is 27.7 Å². The van der Waals surface area contributed by atoms with E-state index in [0.29, 0.717) is 5.75 Å². The SMILES string of the molecule is COc1cc2c(cc1O)C(Cc1ccc(O)cc1)[N+](C)(C)CC2.[Cl-]. The zero-order valence-electron chi connectivity index (χ0n) is 14.3. The summed E-state index contributed by atoms with van der Waals surface area (Å²) in [6.07, 6.45) is 1.84. The summed E-state index contributed by atoms with van der Waals surface area (Å²) >= 11 is 0. The highest BCUT2D eigenvalue weighted by atomic mass is 35.5. The summed E-state index contributed by atoms with van der Waals surface area (Å²) < 4.78 is 6.12. The Morgan fingerprint density at radius 1 is 1.12 bits per heavy atom. The molecule has 2 aromatic carbocycles. The Morgan fingerprint density at radius 3 is 2.42 bits per heavy atom. The molecule has 0 aliphatic carbocycles. The molecular formula is C19H24ClNO3. The minimum absolute atomic E-state index is 0. The lowest BCUT2D eigenvalue weighted by molar-refractivity contribution is -0.923. The Kier molecular flexibility index (Phi) is 5.31. The van der Waals surface area contributed by atoms with Crippen LogP contribution in [0.4, 0.5) is 0 Å². The molecule has 0 fully saturated rings. The van der Waals surface area contributed by atoms with Crippen LogP contribution in [-0.4, -0.2) is 42.4 Å². The molecule has 2 aromatic rings. The Labute approximate surface area is 149 Å². The molecule has 1 heterocycles. The number of hydrogen-bond acceptors (Lipinski definition) is 3. The van der Waals surface area contributed by atoms with Gasteiger partial charge in [-0.15, -0.1) is 0 Å². The van der Waals surface area contributed by atoms with Crippen LogP contribution in [0.5, 0.6) is 17.2 Å². The number of nitrogens with zero attached hydrogens (tertiary/aromatic N) is 1. The van der Waals surface area contributed by atoms with E-state index in [9.17, 15) is 10.2 Å². The van der Waals surface area contributed by atoms with E-state index in [1.165, 1.54) is 16.7 Å². The van der Waals surface area contributed by atoms with E-state index in [2.05, 4.69) is 14.1 Å². The number of aromatic hydroxyl groups is 2. The van der Waals surface area contributed by atoms with Gasteiger partial charge < -0.3 is 31.8 Å². The molecule has 130 valence electrons. The summed E-state index contributed by atoms with van der Waals surface area (Å²) in [5, 5.41) is 19.7. The molecule has 3 rings (SSSR count). The monoisotopic (exact) mass is 349 g/mol. The first-order chi connectivity index (χ1) is 10.9. The normalized spacial score (nSPS) is 18.4. The number of phenolic OH excluding ortho intramolecular Hbond substituents is 2. The van der Waals surface area contributed by atoms with E-state index in [1.807, 2.05) is 24.3 Å². The number of hydrogen-bond donors (Lipinski definition) is 2. The van der Waals surface area contributed by atoms with Crippen LogP contribution in [0.3, 0.4) is 0 Å². The first-order valence-electron chi connectivity index (χ1n) is 7.91. The summed E-state index contributed by atoms with van der Waals surface area (Å²) in [5.41, 5.74) is 3.62. The molecule has 1 unspecified atom stereocenters. The molecule has 0 radical (unpaired) electrons. The molecular weight excluding hydrogens is 326 g/mol. The molecule has 1 aliphatic rings. The van der Waals surface area contributed by atoms with Crippen molar-refractivity contribution < 1.29 is 31.8 Å². The number of ether oxygens (including phenoxy) is 1. The van der Waals surface area contributed by atoms with Crippen LogP contribution in [0.15, 0.2) is 36.4 Å². The number of fused-ring (bicyclic) bond motifs is 1. The summed E-state index contributed by atoms with van der Waals surface area (Å²) in [4.78, 5) is 0. The van der Waals surface area contributed by atoms with Gasteiger partial charge in [0.05, 0.1) is 27.7 Å². The van der Waals surface area contributed by atoms with Gasteiger partial charge in [0, 0.05) is 18.4 Å². The van der Waals surface area contributed by atoms with Gasteiger partial charge in [0.15, 0.2) is 11.5 Å². The smallest absolute Gasteiger partial charge is 0.160 e. The van der Waals surface area contributed by atoms with E-state index in [4.69, 9.17) is 4.74 Å². The zero-order chi connectivity index (χ0) is 16.6. The summed E-state index contributed by atoms with van der Waals surface area (Å²) in [5.74, 6) is 1.03. The number of halogens is 1. The van der Waals surface area contributed by atoms with Crippen LogP contribution in [0.1, 0.15) is 22.7 Å². The van der Waals surface area contributed by atoms with Crippen LogP contribution in [-0.2, 0) is 12.8 Å². The topological polar surface area (TPSA) is 49.7 Å². The molecule has 2 N–H and O–H groups in total. The van der Waals surface area contributed by atoms with Gasteiger partial charge in [-0.1, -0.05) is 12.1 Å². The van der Waals surface area contributed by atoms with Crippen molar-refractivity contribution in [2.45, 2.75) is 18.9 Å². The minimum atomic E-state index is 0. The highest BCUT2D eigenvalue weighted by Gasteiger charge is 2.36. The first kappa shape index (κ1) is 18.4. The maximum absolute atomic E-state index is 10.2. The fourth-order valence-electron chi connectivity index (χ4n) is 3.47. The molecule has 5 heteroatoms. The van der Waals surface area contributed by atoms with Gasteiger partial charge in [0.1, 0.15) is 11.8 Å². The molecule has 0 amide bonds. The predicted octanol–water partition coefficient (Wildman–Crippen LogP) is 0.0267. The third-order valence-corrected chi connectivity index (χ3v) is 4.97. The number of likely N-dealkylation sites (N-methyl/N-ethyl adjacent to an activating group) is 1. The Bertz CT molecular complexity index is 713. The molecule has 0 aromatic heterocycles. The van der Waals surface area contributed by atoms with Crippen molar-refractivity contribution >= 4 is 0 Å². The lowest BCUT2D eigenvalue weighted by atomic mass is 9.87. The van der Waals surface area contributed by atoms with Gasteiger partial charge in [-0.3, -0.25) is 0 Å². The number of quaternary nitrogens is 1. The van der Waals surface area contributed by atoms with Crippen molar-refractivity contribution in [1.82, 2.24) is 0 Å². The van der Waals surface area contributed by atoms with Gasteiger partial charge >= 0.3 is 0 Å². The molecule has 0 bridgehead atoms. The molecule has 0 saturated carbocycles. The average molecular weight is 350 g/mol. The Morgan fingerprint density at radius 2 is 1.79 bits per heavy atom. The minimum Gasteiger partial charge on any atom is -1.00 e. The molecule has 4 nitrogen and oxygen atoms in total. The largest absolute Gasteiger partial charge is 1.00 e. The predicted molar refractivity (Wildman–Crippen MR) is 89.9 cm³/mol. The second kappa shape index (κ2) is 6.91. The molecule has 1 atom stereocenters. The molecule has 24 heavy (non-hydrogen) atoms. The Hall–Kier alpha value is -1.91. The van der Waals surface area contributed by atoms with E-state index in [-0.39, 0.29) is 29.9 Å². The van der Waals surface area contributed by atoms with Crippen LogP contribution >= 0.6 is 0 Å². The summed E-state index contributed by atoms with van der Waals surface area (Å²) in [6.45, 7) is 1.05. The second-order valence-electron chi connectivity index (χ2n) is 6.86. The maximum Gasteiger partial charge on any atom is 0.160 e. The van der Waals surface area contributed by atoms with Crippen molar-refractivity contribution in [2.24, 2.45) is 0 Å². The van der Waals surface area contributed by atoms with Crippen molar-refractivity contribution in [3.05, 3.63) is 53.1 Å². The third kappa shape index (κ3) is 3.45. The quantitative estimate of drug-likeness (QED) is 0.769.